The maximum absolute atomic E-state index is 10.7. The molecule has 2 rings (SSSR count). The molecule has 0 aliphatic carbocycles. The first-order valence-corrected chi connectivity index (χ1v) is 5.94. The fraction of sp³-hybridized carbons (Fsp3) is 0.143. The van der Waals surface area contributed by atoms with Gasteiger partial charge in [-0.15, -0.1) is 0 Å². The SMILES string of the molecule is COc1ccc(N(C)c2ccc([N+](=O)[O-])cc2N)cc1. The molecule has 6 nitrogen and oxygen atoms in total. The molecule has 0 aliphatic rings. The Bertz CT molecular complexity index is 626. The molecule has 0 unspecified atom stereocenters. The van der Waals surface area contributed by atoms with Crippen molar-refractivity contribution in [3.63, 3.8) is 0 Å². The Morgan fingerprint density at radius 3 is 2.35 bits per heavy atom. The van der Waals surface area contributed by atoms with E-state index in [0.29, 0.717) is 11.4 Å². The Hall–Kier alpha value is -2.76. The van der Waals surface area contributed by atoms with Gasteiger partial charge >= 0.3 is 0 Å². The van der Waals surface area contributed by atoms with Crippen molar-refractivity contribution < 1.29 is 9.66 Å². The van der Waals surface area contributed by atoms with E-state index in [2.05, 4.69) is 0 Å². The summed E-state index contributed by atoms with van der Waals surface area (Å²) in [6, 6.07) is 11.9. The number of methoxy groups -OCH3 is 1. The van der Waals surface area contributed by atoms with E-state index >= 15 is 0 Å². The molecule has 0 atom stereocenters. The van der Waals surface area contributed by atoms with Crippen LogP contribution in [0.5, 0.6) is 5.75 Å². The van der Waals surface area contributed by atoms with Crippen molar-refractivity contribution in [2.75, 3.05) is 24.8 Å². The Labute approximate surface area is 116 Å². The van der Waals surface area contributed by atoms with Crippen LogP contribution in [0.4, 0.5) is 22.7 Å². The lowest BCUT2D eigenvalue weighted by atomic mass is 10.2. The molecule has 0 amide bonds. The predicted molar refractivity (Wildman–Crippen MR) is 78.6 cm³/mol. The highest BCUT2D eigenvalue weighted by Crippen LogP contribution is 2.32. The van der Waals surface area contributed by atoms with E-state index in [0.717, 1.165) is 11.4 Å². The largest absolute Gasteiger partial charge is 0.497 e. The zero-order valence-corrected chi connectivity index (χ0v) is 11.2. The quantitative estimate of drug-likeness (QED) is 0.526. The Kier molecular flexibility index (Phi) is 3.74. The van der Waals surface area contributed by atoms with Crippen molar-refractivity contribution in [3.05, 3.63) is 52.6 Å². The molecular weight excluding hydrogens is 258 g/mol. The summed E-state index contributed by atoms with van der Waals surface area (Å²) in [6.07, 6.45) is 0. The van der Waals surface area contributed by atoms with Gasteiger partial charge in [0.2, 0.25) is 0 Å². The number of rotatable bonds is 4. The normalized spacial score (nSPS) is 10.1. The molecule has 2 aromatic rings. The van der Waals surface area contributed by atoms with E-state index in [1.165, 1.54) is 12.1 Å². The van der Waals surface area contributed by atoms with Gasteiger partial charge in [0.25, 0.3) is 5.69 Å². The average molecular weight is 273 g/mol. The second kappa shape index (κ2) is 5.48. The van der Waals surface area contributed by atoms with Gasteiger partial charge < -0.3 is 15.4 Å². The molecule has 0 saturated carbocycles. The number of nitrogens with two attached hydrogens (primary N) is 1. The van der Waals surface area contributed by atoms with Crippen LogP contribution in [-0.4, -0.2) is 19.1 Å². The minimum absolute atomic E-state index is 0.0191. The molecule has 0 spiro atoms. The second-order valence-electron chi connectivity index (χ2n) is 4.26. The molecule has 0 aliphatic heterocycles. The molecule has 2 N–H and O–H groups in total. The smallest absolute Gasteiger partial charge is 0.271 e. The predicted octanol–water partition coefficient (Wildman–Crippen LogP) is 2.95. The fourth-order valence-electron chi connectivity index (χ4n) is 1.91. The molecule has 20 heavy (non-hydrogen) atoms. The topological polar surface area (TPSA) is 81.6 Å². The zero-order valence-electron chi connectivity index (χ0n) is 11.2. The standard InChI is InChI=1S/C14H15N3O3/c1-16(10-3-6-12(20-2)7-4-10)14-8-5-11(17(18)19)9-13(14)15/h3-9H,15H2,1-2H3. The van der Waals surface area contributed by atoms with E-state index in [9.17, 15) is 10.1 Å². The average Bonchev–Trinajstić information content (AvgIpc) is 2.46. The second-order valence-corrected chi connectivity index (χ2v) is 4.26. The highest BCUT2D eigenvalue weighted by atomic mass is 16.6. The Balaban J connectivity index is 2.32. The van der Waals surface area contributed by atoms with E-state index in [-0.39, 0.29) is 5.69 Å². The van der Waals surface area contributed by atoms with Crippen LogP contribution < -0.4 is 15.4 Å². The summed E-state index contributed by atoms with van der Waals surface area (Å²) in [5, 5.41) is 10.7. The molecule has 0 aromatic heterocycles. The number of nitro groups is 1. The van der Waals surface area contributed by atoms with E-state index in [4.69, 9.17) is 10.5 Å². The molecular formula is C14H15N3O3. The Morgan fingerprint density at radius 2 is 1.85 bits per heavy atom. The summed E-state index contributed by atoms with van der Waals surface area (Å²) >= 11 is 0. The van der Waals surface area contributed by atoms with Gasteiger partial charge in [-0.1, -0.05) is 0 Å². The van der Waals surface area contributed by atoms with Crippen molar-refractivity contribution in [2.24, 2.45) is 0 Å². The molecule has 0 bridgehead atoms. The maximum atomic E-state index is 10.7. The summed E-state index contributed by atoms with van der Waals surface area (Å²) in [4.78, 5) is 12.1. The monoisotopic (exact) mass is 273 g/mol. The van der Waals surface area contributed by atoms with Gasteiger partial charge in [-0.3, -0.25) is 10.1 Å². The number of hydrogen-bond donors (Lipinski definition) is 1. The first-order valence-electron chi connectivity index (χ1n) is 5.94. The van der Waals surface area contributed by atoms with Crippen LogP contribution >= 0.6 is 0 Å². The Morgan fingerprint density at radius 1 is 1.20 bits per heavy atom. The molecule has 0 saturated heterocycles. The van der Waals surface area contributed by atoms with Crippen molar-refractivity contribution >= 4 is 22.7 Å². The molecule has 0 fully saturated rings. The molecule has 104 valence electrons. The lowest BCUT2D eigenvalue weighted by Crippen LogP contribution is -2.11. The number of nitrogen functional groups attached to an aromatic ring is 1. The van der Waals surface area contributed by atoms with Gasteiger partial charge in [-0.05, 0) is 30.3 Å². The van der Waals surface area contributed by atoms with Crippen molar-refractivity contribution in [2.45, 2.75) is 0 Å². The first kappa shape index (κ1) is 13.7. The van der Waals surface area contributed by atoms with Gasteiger partial charge in [-0.2, -0.15) is 0 Å². The van der Waals surface area contributed by atoms with Crippen LogP contribution in [0.2, 0.25) is 0 Å². The van der Waals surface area contributed by atoms with Crippen LogP contribution in [0.1, 0.15) is 0 Å². The maximum Gasteiger partial charge on any atom is 0.271 e. The van der Waals surface area contributed by atoms with Crippen LogP contribution in [0.3, 0.4) is 0 Å². The highest BCUT2D eigenvalue weighted by Gasteiger charge is 2.12. The van der Waals surface area contributed by atoms with Gasteiger partial charge in [0.05, 0.1) is 23.4 Å². The van der Waals surface area contributed by atoms with Crippen molar-refractivity contribution in [1.82, 2.24) is 0 Å². The van der Waals surface area contributed by atoms with Gasteiger partial charge in [-0.25, -0.2) is 0 Å². The lowest BCUT2D eigenvalue weighted by molar-refractivity contribution is -0.384. The number of anilines is 3. The lowest BCUT2D eigenvalue weighted by Gasteiger charge is -2.21. The summed E-state index contributed by atoms with van der Waals surface area (Å²) in [5.74, 6) is 0.763. The van der Waals surface area contributed by atoms with E-state index < -0.39 is 4.92 Å². The molecule has 0 heterocycles. The molecule has 2 aromatic carbocycles. The van der Waals surface area contributed by atoms with Crippen LogP contribution in [0.15, 0.2) is 42.5 Å². The number of benzene rings is 2. The first-order chi connectivity index (χ1) is 9.52. The number of hydrogen-bond acceptors (Lipinski definition) is 5. The van der Waals surface area contributed by atoms with Crippen LogP contribution in [0, 0.1) is 10.1 Å². The summed E-state index contributed by atoms with van der Waals surface area (Å²) in [6.45, 7) is 0. The van der Waals surface area contributed by atoms with Crippen LogP contribution in [-0.2, 0) is 0 Å². The minimum Gasteiger partial charge on any atom is -0.497 e. The summed E-state index contributed by atoms with van der Waals surface area (Å²) < 4.78 is 5.10. The fourth-order valence-corrected chi connectivity index (χ4v) is 1.91. The number of non-ortho nitro benzene ring substituents is 1. The van der Waals surface area contributed by atoms with Crippen molar-refractivity contribution in [3.8, 4) is 5.75 Å². The van der Waals surface area contributed by atoms with E-state index in [1.807, 2.05) is 36.2 Å². The highest BCUT2D eigenvalue weighted by molar-refractivity contribution is 5.76. The summed E-state index contributed by atoms with van der Waals surface area (Å²) in [7, 11) is 3.45. The van der Waals surface area contributed by atoms with Crippen molar-refractivity contribution in [1.29, 1.82) is 0 Å². The minimum atomic E-state index is -0.465. The number of ether oxygens (including phenoxy) is 1. The van der Waals surface area contributed by atoms with Crippen LogP contribution in [0.25, 0.3) is 0 Å². The van der Waals surface area contributed by atoms with Gasteiger partial charge in [0.1, 0.15) is 5.75 Å². The van der Waals surface area contributed by atoms with Gasteiger partial charge in [0.15, 0.2) is 0 Å². The third-order valence-electron chi connectivity index (χ3n) is 3.04. The van der Waals surface area contributed by atoms with Gasteiger partial charge in [0, 0.05) is 24.9 Å². The molecule has 6 heteroatoms. The third kappa shape index (κ3) is 2.64. The summed E-state index contributed by atoms with van der Waals surface area (Å²) in [5.41, 5.74) is 7.84. The zero-order chi connectivity index (χ0) is 14.7. The molecule has 0 radical (unpaired) electrons. The third-order valence-corrected chi connectivity index (χ3v) is 3.04. The van der Waals surface area contributed by atoms with E-state index in [1.54, 1.807) is 13.2 Å². The number of nitro benzene ring substituents is 1. The number of nitrogens with zero attached hydrogens (tertiary/aromatic N) is 2.